The lowest BCUT2D eigenvalue weighted by Gasteiger charge is -2.16. The molecule has 1 saturated heterocycles. The van der Waals surface area contributed by atoms with E-state index in [4.69, 9.17) is 10.5 Å². The first kappa shape index (κ1) is 25.0. The second kappa shape index (κ2) is 11.0. The molecule has 0 spiro atoms. The smallest absolute Gasteiger partial charge is 0.276 e. The summed E-state index contributed by atoms with van der Waals surface area (Å²) < 4.78 is 7.05. The van der Waals surface area contributed by atoms with Gasteiger partial charge in [0.15, 0.2) is 5.17 Å². The highest BCUT2D eigenvalue weighted by molar-refractivity contribution is 8.14. The van der Waals surface area contributed by atoms with Gasteiger partial charge in [-0.2, -0.15) is 0 Å². The molecule has 10 heteroatoms. The molecule has 0 aromatic carbocycles. The highest BCUT2D eigenvalue weighted by Gasteiger charge is 2.26. The predicted octanol–water partition coefficient (Wildman–Crippen LogP) is 2.31. The number of nitrogens with two attached hydrogens (primary N) is 1. The van der Waals surface area contributed by atoms with Crippen LogP contribution in [0.3, 0.4) is 0 Å². The highest BCUT2D eigenvalue weighted by atomic mass is 32.2. The SMILES string of the molecule is CCO[C@@H]1CCN(C2=NCCS2)C1.Cc1cc(N(C)C)ncc1-c1nc(C)c(N)c(=O)n1C. The van der Waals surface area contributed by atoms with E-state index in [-0.39, 0.29) is 11.2 Å². The van der Waals surface area contributed by atoms with Gasteiger partial charge in [-0.05, 0) is 38.8 Å². The van der Waals surface area contributed by atoms with Crippen LogP contribution in [0.4, 0.5) is 11.5 Å². The number of likely N-dealkylation sites (tertiary alicyclic amines) is 1. The molecule has 33 heavy (non-hydrogen) atoms. The zero-order valence-electron chi connectivity index (χ0n) is 20.5. The molecule has 2 N–H and O–H groups in total. The van der Waals surface area contributed by atoms with Gasteiger partial charge < -0.3 is 20.3 Å². The molecule has 9 nitrogen and oxygen atoms in total. The maximum absolute atomic E-state index is 12.0. The normalized spacial score (nSPS) is 17.6. The maximum atomic E-state index is 12.0. The number of rotatable bonds is 4. The van der Waals surface area contributed by atoms with E-state index < -0.39 is 0 Å². The Labute approximate surface area is 200 Å². The summed E-state index contributed by atoms with van der Waals surface area (Å²) in [5.74, 6) is 2.60. The summed E-state index contributed by atoms with van der Waals surface area (Å²) >= 11 is 1.88. The zero-order valence-corrected chi connectivity index (χ0v) is 21.3. The van der Waals surface area contributed by atoms with Crippen molar-refractivity contribution in [3.63, 3.8) is 0 Å². The van der Waals surface area contributed by atoms with Crippen LogP contribution in [0.2, 0.25) is 0 Å². The van der Waals surface area contributed by atoms with Gasteiger partial charge in [0.1, 0.15) is 17.3 Å². The predicted molar refractivity (Wildman–Crippen MR) is 137 cm³/mol. The summed E-state index contributed by atoms with van der Waals surface area (Å²) in [5, 5.41) is 1.24. The third-order valence-corrected chi connectivity index (χ3v) is 6.73. The van der Waals surface area contributed by atoms with E-state index in [9.17, 15) is 4.79 Å². The average molecular weight is 474 g/mol. The van der Waals surface area contributed by atoms with Gasteiger partial charge in [0.2, 0.25) is 0 Å². The van der Waals surface area contributed by atoms with E-state index in [1.54, 1.807) is 20.2 Å². The fourth-order valence-corrected chi connectivity index (χ4v) is 4.67. The van der Waals surface area contributed by atoms with Gasteiger partial charge in [0.25, 0.3) is 5.56 Å². The second-order valence-electron chi connectivity index (χ2n) is 8.38. The van der Waals surface area contributed by atoms with Crippen molar-refractivity contribution >= 4 is 28.4 Å². The number of ether oxygens (including phenoxy) is 1. The molecule has 0 radical (unpaired) electrons. The zero-order chi connectivity index (χ0) is 24.1. The minimum absolute atomic E-state index is 0.187. The topological polar surface area (TPSA) is 102 Å². The number of anilines is 2. The number of pyridine rings is 1. The molecule has 2 aliphatic rings. The Bertz CT molecular complexity index is 1070. The molecule has 4 heterocycles. The van der Waals surface area contributed by atoms with Crippen LogP contribution < -0.4 is 16.2 Å². The first-order chi connectivity index (χ1) is 15.7. The van der Waals surface area contributed by atoms with Crippen molar-refractivity contribution in [1.82, 2.24) is 19.4 Å². The number of thioether (sulfide) groups is 1. The van der Waals surface area contributed by atoms with Gasteiger partial charge in [0, 0.05) is 58.4 Å². The lowest BCUT2D eigenvalue weighted by Crippen LogP contribution is -2.27. The van der Waals surface area contributed by atoms with Crippen LogP contribution in [-0.4, -0.2) is 76.8 Å². The van der Waals surface area contributed by atoms with E-state index in [0.717, 1.165) is 55.4 Å². The van der Waals surface area contributed by atoms with Crippen LogP contribution in [-0.2, 0) is 11.8 Å². The number of hydrogen-bond acceptors (Lipinski definition) is 9. The van der Waals surface area contributed by atoms with E-state index in [0.29, 0.717) is 17.6 Å². The summed E-state index contributed by atoms with van der Waals surface area (Å²) in [5.41, 5.74) is 8.05. The molecule has 180 valence electrons. The minimum Gasteiger partial charge on any atom is -0.393 e. The van der Waals surface area contributed by atoms with Crippen LogP contribution in [0.1, 0.15) is 24.6 Å². The quantitative estimate of drug-likeness (QED) is 0.722. The van der Waals surface area contributed by atoms with Crippen molar-refractivity contribution in [2.24, 2.45) is 12.0 Å². The molecular formula is C23H35N7O2S. The largest absolute Gasteiger partial charge is 0.393 e. The molecule has 0 aliphatic carbocycles. The Morgan fingerprint density at radius 1 is 1.33 bits per heavy atom. The third kappa shape index (κ3) is 5.86. The number of amidine groups is 1. The van der Waals surface area contributed by atoms with Gasteiger partial charge in [-0.1, -0.05) is 11.8 Å². The first-order valence-corrected chi connectivity index (χ1v) is 12.2. The fraction of sp³-hybridized carbons (Fsp3) is 0.565. The van der Waals surface area contributed by atoms with Gasteiger partial charge in [-0.25, -0.2) is 9.97 Å². The van der Waals surface area contributed by atoms with E-state index in [1.165, 1.54) is 9.73 Å². The molecule has 2 aliphatic heterocycles. The van der Waals surface area contributed by atoms with Crippen molar-refractivity contribution in [3.05, 3.63) is 33.9 Å². The molecule has 4 rings (SSSR count). The molecule has 1 fully saturated rings. The van der Waals surface area contributed by atoms with E-state index in [2.05, 4.69) is 26.8 Å². The lowest BCUT2D eigenvalue weighted by atomic mass is 10.1. The minimum atomic E-state index is -0.233. The van der Waals surface area contributed by atoms with Gasteiger partial charge >= 0.3 is 0 Å². The molecule has 0 saturated carbocycles. The molecular weight excluding hydrogens is 438 g/mol. The monoisotopic (exact) mass is 473 g/mol. The molecule has 2 aromatic heterocycles. The number of aliphatic imine (C=N–C) groups is 1. The van der Waals surface area contributed by atoms with Crippen LogP contribution in [0.25, 0.3) is 11.4 Å². The summed E-state index contributed by atoms with van der Waals surface area (Å²) in [6, 6.07) is 1.97. The number of aromatic nitrogens is 3. The number of nitrogens with zero attached hydrogens (tertiary/aromatic N) is 6. The summed E-state index contributed by atoms with van der Waals surface area (Å²) in [6.45, 7) is 9.76. The third-order valence-electron chi connectivity index (χ3n) is 5.70. The van der Waals surface area contributed by atoms with E-state index in [1.807, 2.05) is 43.7 Å². The summed E-state index contributed by atoms with van der Waals surface area (Å²) in [4.78, 5) is 29.6. The Morgan fingerprint density at radius 2 is 2.09 bits per heavy atom. The van der Waals surface area contributed by atoms with Crippen molar-refractivity contribution in [3.8, 4) is 11.4 Å². The molecule has 2 aromatic rings. The maximum Gasteiger partial charge on any atom is 0.276 e. The van der Waals surface area contributed by atoms with Crippen LogP contribution in [0, 0.1) is 13.8 Å². The Morgan fingerprint density at radius 3 is 2.70 bits per heavy atom. The fourth-order valence-electron chi connectivity index (χ4n) is 3.78. The summed E-state index contributed by atoms with van der Waals surface area (Å²) in [7, 11) is 5.53. The molecule has 0 unspecified atom stereocenters. The Balaban J connectivity index is 0.000000203. The number of aryl methyl sites for hydroxylation is 2. The second-order valence-corrected chi connectivity index (χ2v) is 9.44. The molecule has 0 bridgehead atoms. The summed E-state index contributed by atoms with van der Waals surface area (Å²) in [6.07, 6.45) is 3.34. The number of hydrogen-bond donors (Lipinski definition) is 1. The molecule has 1 atom stereocenters. The standard InChI is InChI=1S/C14H19N5O.C9H16N2OS/c1-8-6-11(18(3)4)16-7-10(8)13-17-9(2)12(15)14(20)19(13)5;1-2-12-8-3-5-11(7-8)9-10-4-6-13-9/h6-7H,15H2,1-5H3;8H,2-7H2,1H3/t;8-/m.1/s1. The number of nitrogen functional groups attached to an aromatic ring is 1. The van der Waals surface area contributed by atoms with Gasteiger partial charge in [0.05, 0.1) is 18.3 Å². The first-order valence-electron chi connectivity index (χ1n) is 11.2. The van der Waals surface area contributed by atoms with Crippen molar-refractivity contribution in [2.45, 2.75) is 33.3 Å². The molecule has 0 amide bonds. The Hall–Kier alpha value is -2.59. The van der Waals surface area contributed by atoms with Crippen molar-refractivity contribution in [1.29, 1.82) is 0 Å². The van der Waals surface area contributed by atoms with E-state index >= 15 is 0 Å². The van der Waals surface area contributed by atoms with Gasteiger partial charge in [-0.3, -0.25) is 14.4 Å². The average Bonchev–Trinajstić information content (AvgIpc) is 3.48. The van der Waals surface area contributed by atoms with Crippen LogP contribution >= 0.6 is 11.8 Å². The highest BCUT2D eigenvalue weighted by Crippen LogP contribution is 2.23. The lowest BCUT2D eigenvalue weighted by molar-refractivity contribution is 0.0734. The van der Waals surface area contributed by atoms with Crippen LogP contribution in [0.15, 0.2) is 22.1 Å². The van der Waals surface area contributed by atoms with Crippen molar-refractivity contribution in [2.75, 3.05) is 56.7 Å². The van der Waals surface area contributed by atoms with Crippen molar-refractivity contribution < 1.29 is 4.74 Å². The Kier molecular flexibility index (Phi) is 8.36. The van der Waals surface area contributed by atoms with Gasteiger partial charge in [-0.15, -0.1) is 0 Å². The van der Waals surface area contributed by atoms with Crippen LogP contribution in [0.5, 0.6) is 0 Å².